The van der Waals surface area contributed by atoms with Crippen molar-refractivity contribution in [3.63, 3.8) is 0 Å². The van der Waals surface area contributed by atoms with Crippen LogP contribution >= 0.6 is 11.6 Å². The van der Waals surface area contributed by atoms with E-state index >= 15 is 0 Å². The summed E-state index contributed by atoms with van der Waals surface area (Å²) in [5.41, 5.74) is 3.11. The van der Waals surface area contributed by atoms with Gasteiger partial charge in [-0.05, 0) is 32.4 Å². The molecule has 1 heterocycles. The quantitative estimate of drug-likeness (QED) is 0.883. The molecule has 0 fully saturated rings. The van der Waals surface area contributed by atoms with Crippen LogP contribution in [-0.2, 0) is 11.3 Å². The molecule has 124 valence electrons. The van der Waals surface area contributed by atoms with Gasteiger partial charge in [0.2, 0.25) is 0 Å². The number of carbonyl (C=O) groups is 1. The van der Waals surface area contributed by atoms with Crippen molar-refractivity contribution in [2.24, 2.45) is 0 Å². The van der Waals surface area contributed by atoms with Crippen molar-refractivity contribution in [2.45, 2.75) is 33.4 Å². The van der Waals surface area contributed by atoms with E-state index < -0.39 is 0 Å². The molecule has 2 aromatic rings. The summed E-state index contributed by atoms with van der Waals surface area (Å²) in [4.78, 5) is 12.5. The lowest BCUT2D eigenvalue weighted by Gasteiger charge is -2.13. The van der Waals surface area contributed by atoms with E-state index in [1.54, 1.807) is 7.11 Å². The average molecular weight is 336 g/mol. The summed E-state index contributed by atoms with van der Waals surface area (Å²) in [6.07, 6.45) is 0. The molecule has 0 aliphatic carbocycles. The lowest BCUT2D eigenvalue weighted by molar-refractivity contribution is 0.0904. The molecular formula is C17H22ClN3O2. The summed E-state index contributed by atoms with van der Waals surface area (Å²) < 4.78 is 6.86. The van der Waals surface area contributed by atoms with Gasteiger partial charge in [0, 0.05) is 23.9 Å². The van der Waals surface area contributed by atoms with Crippen LogP contribution in [0.5, 0.6) is 0 Å². The van der Waals surface area contributed by atoms with Crippen LogP contribution in [0.3, 0.4) is 0 Å². The molecule has 0 saturated heterocycles. The molecular weight excluding hydrogens is 314 g/mol. The van der Waals surface area contributed by atoms with Crippen LogP contribution in [0.15, 0.2) is 24.3 Å². The minimum Gasteiger partial charge on any atom is -0.383 e. The molecule has 0 saturated carbocycles. The topological polar surface area (TPSA) is 56.1 Å². The van der Waals surface area contributed by atoms with Crippen LogP contribution in [0.25, 0.3) is 0 Å². The number of nitrogens with one attached hydrogen (secondary N) is 1. The van der Waals surface area contributed by atoms with Gasteiger partial charge >= 0.3 is 0 Å². The number of halogens is 1. The highest BCUT2D eigenvalue weighted by atomic mass is 35.5. The maximum Gasteiger partial charge on any atom is 0.255 e. The molecule has 1 amide bonds. The number of nitrogens with zero attached hydrogens (tertiary/aromatic N) is 2. The Labute approximate surface area is 141 Å². The van der Waals surface area contributed by atoms with Crippen LogP contribution in [0, 0.1) is 13.8 Å². The predicted molar refractivity (Wildman–Crippen MR) is 91.1 cm³/mol. The maximum absolute atomic E-state index is 12.5. The summed E-state index contributed by atoms with van der Waals surface area (Å²) in [5.74, 6) is -0.130. The average Bonchev–Trinajstić information content (AvgIpc) is 2.76. The second-order valence-corrected chi connectivity index (χ2v) is 6.03. The van der Waals surface area contributed by atoms with E-state index in [0.717, 1.165) is 11.3 Å². The van der Waals surface area contributed by atoms with E-state index in [1.165, 1.54) is 0 Å². The fourth-order valence-corrected chi connectivity index (χ4v) is 2.75. The lowest BCUT2D eigenvalue weighted by Crippen LogP contribution is -2.36. The SMILES string of the molecule is COCC(C)NC(=O)c1c(C)nn(Cc2ccccc2Cl)c1C. The first-order valence-electron chi connectivity index (χ1n) is 7.51. The Hall–Kier alpha value is -1.85. The fourth-order valence-electron chi connectivity index (χ4n) is 2.56. The van der Waals surface area contributed by atoms with Crippen LogP contribution in [0.1, 0.15) is 34.2 Å². The summed E-state index contributed by atoms with van der Waals surface area (Å²) in [5, 5.41) is 8.11. The molecule has 2 rings (SSSR count). The number of rotatable bonds is 6. The lowest BCUT2D eigenvalue weighted by atomic mass is 10.1. The van der Waals surface area contributed by atoms with Crippen molar-refractivity contribution in [1.29, 1.82) is 0 Å². The highest BCUT2D eigenvalue weighted by Crippen LogP contribution is 2.19. The van der Waals surface area contributed by atoms with Crippen molar-refractivity contribution < 1.29 is 9.53 Å². The molecule has 0 bridgehead atoms. The third-order valence-electron chi connectivity index (χ3n) is 3.68. The Morgan fingerprint density at radius 2 is 2.09 bits per heavy atom. The smallest absolute Gasteiger partial charge is 0.255 e. The minimum absolute atomic E-state index is 0.0572. The van der Waals surface area contributed by atoms with Crippen molar-refractivity contribution in [3.05, 3.63) is 51.8 Å². The van der Waals surface area contributed by atoms with Gasteiger partial charge in [-0.3, -0.25) is 9.48 Å². The highest BCUT2D eigenvalue weighted by molar-refractivity contribution is 6.31. The van der Waals surface area contributed by atoms with E-state index in [0.29, 0.717) is 29.4 Å². The zero-order valence-electron chi connectivity index (χ0n) is 13.9. The summed E-state index contributed by atoms with van der Waals surface area (Å²) in [7, 11) is 1.61. The number of aromatic nitrogens is 2. The number of ether oxygens (including phenoxy) is 1. The molecule has 1 N–H and O–H groups in total. The van der Waals surface area contributed by atoms with Gasteiger partial charge in [0.1, 0.15) is 0 Å². The van der Waals surface area contributed by atoms with Crippen molar-refractivity contribution in [1.82, 2.24) is 15.1 Å². The molecule has 6 heteroatoms. The third kappa shape index (κ3) is 4.12. The number of amides is 1. The number of carbonyl (C=O) groups excluding carboxylic acids is 1. The molecule has 1 aromatic heterocycles. The van der Waals surface area contributed by atoms with Gasteiger partial charge in [-0.2, -0.15) is 5.10 Å². The maximum atomic E-state index is 12.5. The first kappa shape index (κ1) is 17.5. The van der Waals surface area contributed by atoms with E-state index in [2.05, 4.69) is 10.4 Å². The zero-order chi connectivity index (χ0) is 17.0. The largest absolute Gasteiger partial charge is 0.383 e. The monoisotopic (exact) mass is 335 g/mol. The third-order valence-corrected chi connectivity index (χ3v) is 4.05. The van der Waals surface area contributed by atoms with Crippen molar-refractivity contribution in [3.8, 4) is 0 Å². The molecule has 1 aromatic carbocycles. The number of hydrogen-bond donors (Lipinski definition) is 1. The van der Waals surface area contributed by atoms with Gasteiger partial charge in [0.25, 0.3) is 5.91 Å². The second-order valence-electron chi connectivity index (χ2n) is 5.62. The van der Waals surface area contributed by atoms with Crippen LogP contribution in [-0.4, -0.2) is 35.4 Å². The Balaban J connectivity index is 2.22. The molecule has 0 spiro atoms. The number of methoxy groups -OCH3 is 1. The van der Waals surface area contributed by atoms with Crippen LogP contribution in [0.4, 0.5) is 0 Å². The van der Waals surface area contributed by atoms with Crippen LogP contribution < -0.4 is 5.32 Å². The van der Waals surface area contributed by atoms with Crippen molar-refractivity contribution in [2.75, 3.05) is 13.7 Å². The molecule has 23 heavy (non-hydrogen) atoms. The van der Waals surface area contributed by atoms with Gasteiger partial charge in [-0.1, -0.05) is 29.8 Å². The van der Waals surface area contributed by atoms with E-state index in [1.807, 2.05) is 49.7 Å². The predicted octanol–water partition coefficient (Wildman–Crippen LogP) is 2.97. The Morgan fingerprint density at radius 3 is 2.74 bits per heavy atom. The van der Waals surface area contributed by atoms with Crippen molar-refractivity contribution >= 4 is 17.5 Å². The summed E-state index contributed by atoms with van der Waals surface area (Å²) in [6.45, 7) is 6.64. The zero-order valence-corrected chi connectivity index (χ0v) is 14.6. The first-order chi connectivity index (χ1) is 10.9. The molecule has 0 radical (unpaired) electrons. The number of benzene rings is 1. The van der Waals surface area contributed by atoms with E-state index in [-0.39, 0.29) is 11.9 Å². The molecule has 0 aliphatic rings. The molecule has 1 unspecified atom stereocenters. The Kier molecular flexibility index (Phi) is 5.80. The number of hydrogen-bond acceptors (Lipinski definition) is 3. The van der Waals surface area contributed by atoms with Gasteiger partial charge in [0.05, 0.1) is 24.4 Å². The van der Waals surface area contributed by atoms with Gasteiger partial charge < -0.3 is 10.1 Å². The van der Waals surface area contributed by atoms with E-state index in [4.69, 9.17) is 16.3 Å². The number of aryl methyl sites for hydroxylation is 1. The van der Waals surface area contributed by atoms with Gasteiger partial charge in [0.15, 0.2) is 0 Å². The van der Waals surface area contributed by atoms with Gasteiger partial charge in [-0.25, -0.2) is 0 Å². The highest BCUT2D eigenvalue weighted by Gasteiger charge is 2.20. The Bertz CT molecular complexity index is 697. The van der Waals surface area contributed by atoms with E-state index in [9.17, 15) is 4.79 Å². The fraction of sp³-hybridized carbons (Fsp3) is 0.412. The first-order valence-corrected chi connectivity index (χ1v) is 7.89. The summed E-state index contributed by atoms with van der Waals surface area (Å²) >= 11 is 6.20. The minimum atomic E-state index is -0.130. The molecule has 1 atom stereocenters. The molecule has 0 aliphatic heterocycles. The normalized spacial score (nSPS) is 12.2. The molecule has 5 nitrogen and oxygen atoms in total. The summed E-state index contributed by atoms with van der Waals surface area (Å²) in [6, 6.07) is 7.58. The second kappa shape index (κ2) is 7.62. The standard InChI is InChI=1S/C17H22ClN3O2/c1-11(10-23-4)19-17(22)16-12(2)20-21(13(16)3)9-14-7-5-6-8-15(14)18/h5-8,11H,9-10H2,1-4H3,(H,19,22). The Morgan fingerprint density at radius 1 is 1.39 bits per heavy atom. The van der Waals surface area contributed by atoms with Crippen LogP contribution in [0.2, 0.25) is 5.02 Å². The van der Waals surface area contributed by atoms with Gasteiger partial charge in [-0.15, -0.1) is 0 Å².